The van der Waals surface area contributed by atoms with Crippen LogP contribution in [-0.4, -0.2) is 11.9 Å². The first-order valence-corrected chi connectivity index (χ1v) is 10.4. The summed E-state index contributed by atoms with van der Waals surface area (Å²) in [6.07, 6.45) is 5.73. The average Bonchev–Trinajstić information content (AvgIpc) is 2.60. The molecule has 1 aromatic carbocycles. The molecule has 0 aliphatic heterocycles. The maximum atomic E-state index is 11.8. The third kappa shape index (κ3) is 9.25. The van der Waals surface area contributed by atoms with Gasteiger partial charge < -0.3 is 10.5 Å². The van der Waals surface area contributed by atoms with E-state index < -0.39 is 0 Å². The van der Waals surface area contributed by atoms with E-state index in [4.69, 9.17) is 10.5 Å². The molecule has 3 nitrogen and oxygen atoms in total. The predicted octanol–water partition coefficient (Wildman–Crippen LogP) is 6.79. The largest absolute Gasteiger partial charge is 0.490 e. The minimum absolute atomic E-state index is 0.106. The zero-order chi connectivity index (χ0) is 21.3. The zero-order valence-electron chi connectivity index (χ0n) is 18.5. The highest BCUT2D eigenvalue weighted by Crippen LogP contribution is 2.30. The standard InChI is InChI=1S/C17H23NO2.C8H16/c1-3-17(19)14-5-4-6-16(11-14)20-12(2)13-7-9-15(18)10-8-13;1-7(2)6-8(3,4)5/h7-10,14,16H,2-6,11,18H2,1H3;1,6H2,2-5H3/t14-,16?;/m0./s1. The van der Waals surface area contributed by atoms with Crippen LogP contribution in [0.25, 0.3) is 5.76 Å². The van der Waals surface area contributed by atoms with Gasteiger partial charge in [0.25, 0.3) is 0 Å². The Balaban J connectivity index is 0.000000416. The van der Waals surface area contributed by atoms with Crippen LogP contribution in [0.2, 0.25) is 0 Å². The van der Waals surface area contributed by atoms with E-state index in [1.807, 2.05) is 31.2 Å². The van der Waals surface area contributed by atoms with Crippen molar-refractivity contribution in [2.24, 2.45) is 11.3 Å². The topological polar surface area (TPSA) is 52.3 Å². The van der Waals surface area contributed by atoms with Gasteiger partial charge in [-0.3, -0.25) is 4.79 Å². The van der Waals surface area contributed by atoms with Crippen LogP contribution in [0.15, 0.2) is 43.0 Å². The maximum Gasteiger partial charge on any atom is 0.135 e. The average molecular weight is 386 g/mol. The molecule has 2 atom stereocenters. The van der Waals surface area contributed by atoms with Crippen molar-refractivity contribution in [3.05, 3.63) is 48.6 Å². The molecule has 156 valence electrons. The molecule has 0 heterocycles. The fourth-order valence-corrected chi connectivity index (χ4v) is 3.68. The molecule has 1 aliphatic rings. The second kappa shape index (κ2) is 11.1. The first kappa shape index (κ1) is 24.0. The SMILES string of the molecule is C=C(C)CC(C)(C)C.C=C(OC1CCC[C@H](C(=O)CC)C1)c1ccc(N)cc1. The Hall–Kier alpha value is -2.03. The van der Waals surface area contributed by atoms with Gasteiger partial charge in [-0.15, -0.1) is 6.58 Å². The van der Waals surface area contributed by atoms with Crippen LogP contribution >= 0.6 is 0 Å². The molecule has 0 saturated heterocycles. The van der Waals surface area contributed by atoms with E-state index in [-0.39, 0.29) is 12.0 Å². The number of ketones is 1. The fraction of sp³-hybridized carbons (Fsp3) is 0.560. The molecule has 2 rings (SSSR count). The van der Waals surface area contributed by atoms with Gasteiger partial charge in [-0.25, -0.2) is 0 Å². The third-order valence-corrected chi connectivity index (χ3v) is 4.80. The van der Waals surface area contributed by atoms with Crippen LogP contribution in [0.3, 0.4) is 0 Å². The van der Waals surface area contributed by atoms with Crippen molar-refractivity contribution in [1.82, 2.24) is 0 Å². The summed E-state index contributed by atoms with van der Waals surface area (Å²) in [7, 11) is 0. The molecule has 1 aliphatic carbocycles. The summed E-state index contributed by atoms with van der Waals surface area (Å²) in [6, 6.07) is 7.51. The van der Waals surface area contributed by atoms with E-state index in [9.17, 15) is 4.79 Å². The highest BCUT2D eigenvalue weighted by atomic mass is 16.5. The Bertz CT molecular complexity index is 652. The van der Waals surface area contributed by atoms with E-state index in [2.05, 4.69) is 40.9 Å². The van der Waals surface area contributed by atoms with Crippen molar-refractivity contribution in [3.63, 3.8) is 0 Å². The molecule has 2 N–H and O–H groups in total. The number of anilines is 1. The number of allylic oxidation sites excluding steroid dienone is 1. The van der Waals surface area contributed by atoms with Gasteiger partial charge in [-0.2, -0.15) is 0 Å². The molecule has 1 unspecified atom stereocenters. The first-order chi connectivity index (χ1) is 13.0. The van der Waals surface area contributed by atoms with Crippen LogP contribution in [0.5, 0.6) is 0 Å². The van der Waals surface area contributed by atoms with Gasteiger partial charge >= 0.3 is 0 Å². The van der Waals surface area contributed by atoms with Crippen molar-refractivity contribution in [2.45, 2.75) is 79.2 Å². The van der Waals surface area contributed by atoms with E-state index in [1.54, 1.807) is 0 Å². The van der Waals surface area contributed by atoms with Gasteiger partial charge in [0.05, 0.1) is 6.10 Å². The van der Waals surface area contributed by atoms with Crippen molar-refractivity contribution in [1.29, 1.82) is 0 Å². The summed E-state index contributed by atoms with van der Waals surface area (Å²) in [5.74, 6) is 1.19. The predicted molar refractivity (Wildman–Crippen MR) is 121 cm³/mol. The van der Waals surface area contributed by atoms with Crippen LogP contribution in [-0.2, 0) is 9.53 Å². The summed E-state index contributed by atoms with van der Waals surface area (Å²) in [4.78, 5) is 11.8. The smallest absolute Gasteiger partial charge is 0.135 e. The minimum atomic E-state index is 0.106. The molecule has 28 heavy (non-hydrogen) atoms. The lowest BCUT2D eigenvalue weighted by atomic mass is 9.83. The molecular formula is C25H39NO2. The molecular weight excluding hydrogens is 346 g/mol. The van der Waals surface area contributed by atoms with E-state index in [0.717, 1.165) is 43.4 Å². The Labute approximate surface area is 172 Å². The van der Waals surface area contributed by atoms with Gasteiger partial charge in [0.15, 0.2) is 0 Å². The Morgan fingerprint density at radius 1 is 1.18 bits per heavy atom. The lowest BCUT2D eigenvalue weighted by molar-refractivity contribution is -0.124. The number of carbonyl (C=O) groups is 1. The van der Waals surface area contributed by atoms with Gasteiger partial charge in [-0.1, -0.05) is 39.8 Å². The van der Waals surface area contributed by atoms with Crippen LogP contribution in [0, 0.1) is 11.3 Å². The monoisotopic (exact) mass is 385 g/mol. The molecule has 0 aromatic heterocycles. The maximum absolute atomic E-state index is 11.8. The van der Waals surface area contributed by atoms with E-state index in [1.165, 1.54) is 5.57 Å². The van der Waals surface area contributed by atoms with Crippen LogP contribution in [0.1, 0.15) is 78.7 Å². The second-order valence-corrected chi connectivity index (χ2v) is 9.16. The highest BCUT2D eigenvalue weighted by molar-refractivity contribution is 5.80. The van der Waals surface area contributed by atoms with Crippen molar-refractivity contribution >= 4 is 17.2 Å². The number of benzene rings is 1. The molecule has 0 bridgehead atoms. The number of Topliss-reactive ketones (excluding diaryl/α,β-unsaturated/α-hetero) is 1. The van der Waals surface area contributed by atoms with Gasteiger partial charge in [0.1, 0.15) is 11.5 Å². The normalized spacial score (nSPS) is 19.2. The Morgan fingerprint density at radius 3 is 2.25 bits per heavy atom. The third-order valence-electron chi connectivity index (χ3n) is 4.80. The number of carbonyl (C=O) groups excluding carboxylic acids is 1. The van der Waals surface area contributed by atoms with Crippen molar-refractivity contribution in [3.8, 4) is 0 Å². The van der Waals surface area contributed by atoms with E-state index in [0.29, 0.717) is 23.4 Å². The lowest BCUT2D eigenvalue weighted by Gasteiger charge is -2.29. The number of hydrogen-bond donors (Lipinski definition) is 1. The van der Waals surface area contributed by atoms with E-state index >= 15 is 0 Å². The van der Waals surface area contributed by atoms with Crippen LogP contribution < -0.4 is 5.73 Å². The number of hydrogen-bond acceptors (Lipinski definition) is 3. The lowest BCUT2D eigenvalue weighted by Crippen LogP contribution is -2.27. The molecule has 0 spiro atoms. The number of ether oxygens (including phenoxy) is 1. The summed E-state index contributed by atoms with van der Waals surface area (Å²) in [5, 5.41) is 0. The van der Waals surface area contributed by atoms with Crippen molar-refractivity contribution in [2.75, 3.05) is 5.73 Å². The molecule has 1 fully saturated rings. The molecule has 0 amide bonds. The van der Waals surface area contributed by atoms with Gasteiger partial charge in [0.2, 0.25) is 0 Å². The number of nitrogens with two attached hydrogens (primary N) is 1. The second-order valence-electron chi connectivity index (χ2n) is 9.16. The van der Waals surface area contributed by atoms with Crippen LogP contribution in [0.4, 0.5) is 5.69 Å². The molecule has 3 heteroatoms. The quantitative estimate of drug-likeness (QED) is 0.333. The van der Waals surface area contributed by atoms with Gasteiger partial charge in [-0.05, 0) is 68.7 Å². The molecule has 1 saturated carbocycles. The molecule has 1 aromatic rings. The summed E-state index contributed by atoms with van der Waals surface area (Å²) >= 11 is 0. The zero-order valence-corrected chi connectivity index (χ0v) is 18.5. The minimum Gasteiger partial charge on any atom is -0.490 e. The Kier molecular flexibility index (Phi) is 9.51. The Morgan fingerprint density at radius 2 is 1.79 bits per heavy atom. The first-order valence-electron chi connectivity index (χ1n) is 10.4. The summed E-state index contributed by atoms with van der Waals surface area (Å²) in [6.45, 7) is 18.5. The number of nitrogen functional groups attached to an aromatic ring is 1. The number of rotatable bonds is 6. The van der Waals surface area contributed by atoms with Crippen molar-refractivity contribution < 1.29 is 9.53 Å². The fourth-order valence-electron chi connectivity index (χ4n) is 3.68. The summed E-state index contributed by atoms with van der Waals surface area (Å²) < 4.78 is 5.95. The highest BCUT2D eigenvalue weighted by Gasteiger charge is 2.27. The van der Waals surface area contributed by atoms with Gasteiger partial charge in [0, 0.05) is 23.6 Å². The summed E-state index contributed by atoms with van der Waals surface area (Å²) in [5.41, 5.74) is 9.04. The molecule has 0 radical (unpaired) electrons.